The molecule has 1 aromatic rings. The maximum atomic E-state index is 5.38. The van der Waals surface area contributed by atoms with Gasteiger partial charge in [0.25, 0.3) is 0 Å². The first-order valence-electron chi connectivity index (χ1n) is 6.25. The van der Waals surface area contributed by atoms with E-state index >= 15 is 0 Å². The third-order valence-corrected chi connectivity index (χ3v) is 2.78. The summed E-state index contributed by atoms with van der Waals surface area (Å²) in [5.74, 6) is 2.14. The highest BCUT2D eigenvalue weighted by atomic mass is 16.7. The summed E-state index contributed by atoms with van der Waals surface area (Å²) in [5, 5.41) is 3.34. The van der Waals surface area contributed by atoms with Crippen LogP contribution in [-0.2, 0) is 11.3 Å². The van der Waals surface area contributed by atoms with Crippen LogP contribution < -0.4 is 19.5 Å². The predicted molar refractivity (Wildman–Crippen MR) is 71.6 cm³/mol. The zero-order valence-electron chi connectivity index (χ0n) is 11.1. The average molecular weight is 265 g/mol. The van der Waals surface area contributed by atoms with Gasteiger partial charge < -0.3 is 24.3 Å². The van der Waals surface area contributed by atoms with Crippen LogP contribution in [0.1, 0.15) is 12.0 Å². The number of nitrogens with one attached hydrogen (secondary N) is 1. The van der Waals surface area contributed by atoms with Crippen molar-refractivity contribution in [1.82, 2.24) is 5.32 Å². The fourth-order valence-corrected chi connectivity index (χ4v) is 1.88. The molecule has 1 aliphatic rings. The van der Waals surface area contributed by atoms with E-state index in [-0.39, 0.29) is 6.79 Å². The molecule has 0 unspecified atom stereocenters. The van der Waals surface area contributed by atoms with Crippen LogP contribution in [0.15, 0.2) is 25.0 Å². The monoisotopic (exact) mass is 265 g/mol. The van der Waals surface area contributed by atoms with Crippen LogP contribution in [0, 0.1) is 0 Å². The van der Waals surface area contributed by atoms with E-state index in [1.807, 2.05) is 12.1 Å². The summed E-state index contributed by atoms with van der Waals surface area (Å²) in [6.07, 6.45) is 2.40. The fourth-order valence-electron chi connectivity index (χ4n) is 1.88. The Morgan fingerprint density at radius 2 is 2.32 bits per heavy atom. The third kappa shape index (κ3) is 3.54. The van der Waals surface area contributed by atoms with Crippen LogP contribution in [0.5, 0.6) is 17.2 Å². The van der Waals surface area contributed by atoms with E-state index in [4.69, 9.17) is 18.9 Å². The second kappa shape index (κ2) is 6.89. The van der Waals surface area contributed by atoms with Gasteiger partial charge in [0.05, 0.1) is 20.0 Å². The van der Waals surface area contributed by atoms with Crippen molar-refractivity contribution < 1.29 is 18.9 Å². The van der Waals surface area contributed by atoms with Gasteiger partial charge in [-0.2, -0.15) is 0 Å². The molecule has 0 atom stereocenters. The maximum absolute atomic E-state index is 5.38. The summed E-state index contributed by atoms with van der Waals surface area (Å²) in [5.41, 5.74) is 1.10. The Balaban J connectivity index is 1.85. The van der Waals surface area contributed by atoms with E-state index in [1.54, 1.807) is 7.11 Å². The van der Waals surface area contributed by atoms with Gasteiger partial charge in [-0.1, -0.05) is 6.58 Å². The molecule has 0 saturated carbocycles. The average Bonchev–Trinajstić information content (AvgIpc) is 2.90. The van der Waals surface area contributed by atoms with Gasteiger partial charge in [0.1, 0.15) is 0 Å². The van der Waals surface area contributed by atoms with Crippen LogP contribution >= 0.6 is 0 Å². The van der Waals surface area contributed by atoms with Crippen LogP contribution in [0.2, 0.25) is 0 Å². The van der Waals surface area contributed by atoms with Gasteiger partial charge in [-0.3, -0.25) is 0 Å². The van der Waals surface area contributed by atoms with Crippen molar-refractivity contribution in [2.75, 3.05) is 27.1 Å². The molecule has 1 aliphatic heterocycles. The van der Waals surface area contributed by atoms with E-state index in [0.29, 0.717) is 18.1 Å². The van der Waals surface area contributed by atoms with Crippen molar-refractivity contribution in [2.24, 2.45) is 0 Å². The lowest BCUT2D eigenvalue weighted by Crippen LogP contribution is -2.16. The number of hydrogen-bond donors (Lipinski definition) is 1. The molecular weight excluding hydrogens is 246 g/mol. The fraction of sp³-hybridized carbons (Fsp3) is 0.429. The molecule has 0 radical (unpaired) electrons. The molecule has 2 rings (SSSR count). The molecule has 5 nitrogen and oxygen atoms in total. The van der Waals surface area contributed by atoms with Crippen LogP contribution in [0.3, 0.4) is 0 Å². The van der Waals surface area contributed by atoms with Gasteiger partial charge in [0, 0.05) is 6.54 Å². The first-order chi connectivity index (χ1) is 9.35. The van der Waals surface area contributed by atoms with Crippen molar-refractivity contribution in [3.63, 3.8) is 0 Å². The molecule has 0 fully saturated rings. The molecular formula is C14H19NO4. The highest BCUT2D eigenvalue weighted by Gasteiger charge is 2.19. The lowest BCUT2D eigenvalue weighted by Gasteiger charge is -2.09. The summed E-state index contributed by atoms with van der Waals surface area (Å²) < 4.78 is 21.1. The van der Waals surface area contributed by atoms with Crippen molar-refractivity contribution in [3.05, 3.63) is 30.5 Å². The van der Waals surface area contributed by atoms with E-state index in [9.17, 15) is 0 Å². The standard InChI is InChI=1S/C14H19NO4/c1-3-17-6-4-5-15-9-11-7-12(16-2)14-13(8-11)18-10-19-14/h3,7-8,15H,1,4-6,9-10H2,2H3. The molecule has 5 heteroatoms. The molecule has 0 aliphatic carbocycles. The number of fused-ring (bicyclic) bond motifs is 1. The van der Waals surface area contributed by atoms with Crippen LogP contribution in [0.4, 0.5) is 0 Å². The summed E-state index contributed by atoms with van der Waals surface area (Å²) in [6.45, 7) is 6.06. The number of methoxy groups -OCH3 is 1. The molecule has 0 saturated heterocycles. The van der Waals surface area contributed by atoms with E-state index in [1.165, 1.54) is 6.26 Å². The largest absolute Gasteiger partial charge is 0.502 e. The van der Waals surface area contributed by atoms with Crippen molar-refractivity contribution in [1.29, 1.82) is 0 Å². The maximum Gasteiger partial charge on any atom is 0.231 e. The van der Waals surface area contributed by atoms with Crippen molar-refractivity contribution >= 4 is 0 Å². The minimum atomic E-state index is 0.251. The molecule has 0 bridgehead atoms. The van der Waals surface area contributed by atoms with Gasteiger partial charge in [0.2, 0.25) is 12.5 Å². The van der Waals surface area contributed by atoms with Gasteiger partial charge in [-0.15, -0.1) is 0 Å². The van der Waals surface area contributed by atoms with Gasteiger partial charge >= 0.3 is 0 Å². The summed E-state index contributed by atoms with van der Waals surface area (Å²) in [6, 6.07) is 3.93. The number of hydrogen-bond acceptors (Lipinski definition) is 5. The molecule has 0 aromatic heterocycles. The predicted octanol–water partition coefficient (Wildman–Crippen LogP) is 2.06. The van der Waals surface area contributed by atoms with E-state index < -0.39 is 0 Å². The van der Waals surface area contributed by atoms with Crippen molar-refractivity contribution in [2.45, 2.75) is 13.0 Å². The zero-order valence-corrected chi connectivity index (χ0v) is 11.1. The number of benzene rings is 1. The van der Waals surface area contributed by atoms with Crippen molar-refractivity contribution in [3.8, 4) is 17.2 Å². The highest BCUT2D eigenvalue weighted by Crippen LogP contribution is 2.41. The molecule has 19 heavy (non-hydrogen) atoms. The Morgan fingerprint density at radius 3 is 3.11 bits per heavy atom. The minimum Gasteiger partial charge on any atom is -0.502 e. The highest BCUT2D eigenvalue weighted by molar-refractivity contribution is 5.55. The number of rotatable bonds is 8. The molecule has 0 spiro atoms. The summed E-state index contributed by atoms with van der Waals surface area (Å²) in [7, 11) is 1.63. The quantitative estimate of drug-likeness (QED) is 0.576. The topological polar surface area (TPSA) is 49.0 Å². The Hall–Kier alpha value is -1.88. The molecule has 0 amide bonds. The van der Waals surface area contributed by atoms with E-state index in [2.05, 4.69) is 11.9 Å². The van der Waals surface area contributed by atoms with Gasteiger partial charge in [0.15, 0.2) is 11.5 Å². The third-order valence-electron chi connectivity index (χ3n) is 2.78. The second-order valence-corrected chi connectivity index (χ2v) is 4.10. The number of ether oxygens (including phenoxy) is 4. The summed E-state index contributed by atoms with van der Waals surface area (Å²) >= 11 is 0. The Morgan fingerprint density at radius 1 is 1.42 bits per heavy atom. The Kier molecular flexibility index (Phi) is 4.92. The van der Waals surface area contributed by atoms with Crippen LogP contribution in [0.25, 0.3) is 0 Å². The normalized spacial score (nSPS) is 12.3. The molecule has 1 N–H and O–H groups in total. The van der Waals surface area contributed by atoms with E-state index in [0.717, 1.165) is 30.8 Å². The summed E-state index contributed by atoms with van der Waals surface area (Å²) in [4.78, 5) is 0. The molecule has 1 heterocycles. The lowest BCUT2D eigenvalue weighted by atomic mass is 10.2. The van der Waals surface area contributed by atoms with Crippen LogP contribution in [-0.4, -0.2) is 27.1 Å². The SMILES string of the molecule is C=COCCCNCc1cc(OC)c2c(c1)OCO2. The Bertz CT molecular complexity index is 434. The van der Waals surface area contributed by atoms with Gasteiger partial charge in [-0.25, -0.2) is 0 Å². The molecule has 1 aromatic carbocycles. The minimum absolute atomic E-state index is 0.251. The Labute approximate surface area is 113 Å². The molecule has 104 valence electrons. The second-order valence-electron chi connectivity index (χ2n) is 4.10. The smallest absolute Gasteiger partial charge is 0.231 e. The first kappa shape index (κ1) is 13.5. The lowest BCUT2D eigenvalue weighted by molar-refractivity contribution is 0.171. The van der Waals surface area contributed by atoms with Gasteiger partial charge in [-0.05, 0) is 30.7 Å². The first-order valence-corrected chi connectivity index (χ1v) is 6.25. The zero-order chi connectivity index (χ0) is 13.5.